The second-order valence-electron chi connectivity index (χ2n) is 4.26. The van der Waals surface area contributed by atoms with Gasteiger partial charge in [-0.2, -0.15) is 0 Å². The van der Waals surface area contributed by atoms with Gasteiger partial charge in [-0.1, -0.05) is 30.3 Å². The maximum atomic E-state index is 3.32. The molecule has 0 bridgehead atoms. The largest absolute Gasteiger partial charge is 0.385 e. The Morgan fingerprint density at radius 1 is 1.06 bits per heavy atom. The van der Waals surface area contributed by atoms with Gasteiger partial charge in [-0.3, -0.25) is 0 Å². The predicted molar refractivity (Wildman–Crippen MR) is 82.6 cm³/mol. The summed E-state index contributed by atoms with van der Waals surface area (Å²) in [6.45, 7) is 5.24. The Morgan fingerprint density at radius 3 is 2.39 bits per heavy atom. The summed E-state index contributed by atoms with van der Waals surface area (Å²) in [6, 6.07) is 15.2. The van der Waals surface area contributed by atoms with Gasteiger partial charge in [-0.05, 0) is 48.9 Å². The van der Waals surface area contributed by atoms with E-state index in [1.54, 1.807) is 0 Å². The number of hydrogen-bond acceptors (Lipinski definition) is 2. The third-order valence-electron chi connectivity index (χ3n) is 2.99. The highest BCUT2D eigenvalue weighted by Gasteiger charge is 2.06. The van der Waals surface area contributed by atoms with E-state index in [2.05, 4.69) is 67.9 Å². The van der Waals surface area contributed by atoms with Crippen molar-refractivity contribution in [2.75, 3.05) is 18.1 Å². The predicted octanol–water partition coefficient (Wildman–Crippen LogP) is 4.82. The van der Waals surface area contributed by atoms with Crippen molar-refractivity contribution in [2.45, 2.75) is 18.7 Å². The molecule has 0 fully saturated rings. The van der Waals surface area contributed by atoms with Crippen molar-refractivity contribution in [1.29, 1.82) is 0 Å². The zero-order chi connectivity index (χ0) is 13.0. The van der Waals surface area contributed by atoms with E-state index in [1.165, 1.54) is 27.3 Å². The van der Waals surface area contributed by atoms with Gasteiger partial charge in [0, 0.05) is 17.1 Å². The van der Waals surface area contributed by atoms with Crippen molar-refractivity contribution in [2.24, 2.45) is 0 Å². The minimum Gasteiger partial charge on any atom is -0.385 e. The molecule has 0 aromatic heterocycles. The third kappa shape index (κ3) is 2.70. The van der Waals surface area contributed by atoms with Crippen molar-refractivity contribution in [1.82, 2.24) is 0 Å². The van der Waals surface area contributed by atoms with E-state index < -0.39 is 0 Å². The van der Waals surface area contributed by atoms with Gasteiger partial charge in [0.1, 0.15) is 0 Å². The number of anilines is 1. The summed E-state index contributed by atoms with van der Waals surface area (Å²) in [7, 11) is 0. The zero-order valence-electron chi connectivity index (χ0n) is 11.2. The van der Waals surface area contributed by atoms with Crippen LogP contribution in [0.2, 0.25) is 0 Å². The molecule has 0 spiro atoms. The lowest BCUT2D eigenvalue weighted by atomic mass is 10.0. The Hall–Kier alpha value is -1.41. The average molecular weight is 257 g/mol. The molecular weight excluding hydrogens is 238 g/mol. The molecule has 0 aliphatic carbocycles. The fourth-order valence-corrected chi connectivity index (χ4v) is 2.92. The molecule has 0 aliphatic heterocycles. The molecule has 0 saturated heterocycles. The number of thioether (sulfide) groups is 1. The van der Waals surface area contributed by atoms with E-state index in [-0.39, 0.29) is 0 Å². The van der Waals surface area contributed by atoms with E-state index in [4.69, 9.17) is 0 Å². The molecule has 94 valence electrons. The lowest BCUT2D eigenvalue weighted by Crippen LogP contribution is -1.95. The van der Waals surface area contributed by atoms with Crippen LogP contribution in [0.5, 0.6) is 0 Å². The van der Waals surface area contributed by atoms with Gasteiger partial charge in [0.05, 0.1) is 0 Å². The van der Waals surface area contributed by atoms with Crippen molar-refractivity contribution < 1.29 is 0 Å². The van der Waals surface area contributed by atoms with Gasteiger partial charge >= 0.3 is 0 Å². The maximum absolute atomic E-state index is 3.32. The molecule has 0 radical (unpaired) electrons. The van der Waals surface area contributed by atoms with Crippen molar-refractivity contribution in [3.8, 4) is 11.1 Å². The normalized spacial score (nSPS) is 10.4. The highest BCUT2D eigenvalue weighted by atomic mass is 32.2. The Kier molecular flexibility index (Phi) is 4.32. The van der Waals surface area contributed by atoms with Crippen LogP contribution in [0.3, 0.4) is 0 Å². The molecule has 2 heteroatoms. The number of aryl methyl sites for hydroxylation is 1. The summed E-state index contributed by atoms with van der Waals surface area (Å²) >= 11 is 1.82. The van der Waals surface area contributed by atoms with E-state index in [9.17, 15) is 0 Å². The number of nitrogens with one attached hydrogen (secondary N) is 1. The second-order valence-corrected chi connectivity index (χ2v) is 5.08. The molecule has 0 heterocycles. The van der Waals surface area contributed by atoms with E-state index in [0.717, 1.165) is 6.54 Å². The Balaban J connectivity index is 2.39. The molecule has 0 aliphatic rings. The second kappa shape index (κ2) is 5.96. The summed E-state index contributed by atoms with van der Waals surface area (Å²) in [5.41, 5.74) is 5.13. The molecule has 18 heavy (non-hydrogen) atoms. The van der Waals surface area contributed by atoms with E-state index in [1.807, 2.05) is 11.8 Å². The Bertz CT molecular complexity index is 517. The van der Waals surface area contributed by atoms with E-state index in [0.29, 0.717) is 0 Å². The summed E-state index contributed by atoms with van der Waals surface area (Å²) in [6.07, 6.45) is 2.14. The van der Waals surface area contributed by atoms with Gasteiger partial charge in [0.25, 0.3) is 0 Å². The zero-order valence-corrected chi connectivity index (χ0v) is 12.0. The number of benzene rings is 2. The molecule has 1 N–H and O–H groups in total. The van der Waals surface area contributed by atoms with Crippen molar-refractivity contribution in [3.05, 3.63) is 48.0 Å². The topological polar surface area (TPSA) is 12.0 Å². The third-order valence-corrected chi connectivity index (χ3v) is 3.94. The summed E-state index contributed by atoms with van der Waals surface area (Å²) in [4.78, 5) is 1.37. The minimum absolute atomic E-state index is 0.958. The standard InChI is InChI=1S/C16H19NS/c1-4-17-14-10-8-13(9-11-14)15-7-5-6-12(2)16(15)18-3/h5-11,17H,4H2,1-3H3. The average Bonchev–Trinajstić information content (AvgIpc) is 2.40. The molecular formula is C16H19NS. The van der Waals surface area contributed by atoms with Gasteiger partial charge in [0.2, 0.25) is 0 Å². The lowest BCUT2D eigenvalue weighted by Gasteiger charge is -2.11. The molecule has 1 nitrogen and oxygen atoms in total. The van der Waals surface area contributed by atoms with Gasteiger partial charge in [0.15, 0.2) is 0 Å². The molecule has 2 aromatic rings. The smallest absolute Gasteiger partial charge is 0.0340 e. The summed E-state index contributed by atoms with van der Waals surface area (Å²) < 4.78 is 0. The first-order valence-electron chi connectivity index (χ1n) is 6.24. The van der Waals surface area contributed by atoms with Crippen LogP contribution in [0.25, 0.3) is 11.1 Å². The van der Waals surface area contributed by atoms with Crippen LogP contribution in [0.1, 0.15) is 12.5 Å². The molecule has 0 amide bonds. The van der Waals surface area contributed by atoms with Crippen LogP contribution in [-0.2, 0) is 0 Å². The van der Waals surface area contributed by atoms with E-state index >= 15 is 0 Å². The fourth-order valence-electron chi connectivity index (χ4n) is 2.12. The van der Waals surface area contributed by atoms with Gasteiger partial charge in [-0.25, -0.2) is 0 Å². The molecule has 0 saturated carbocycles. The number of rotatable bonds is 4. The van der Waals surface area contributed by atoms with Crippen LogP contribution in [0.15, 0.2) is 47.4 Å². The van der Waals surface area contributed by atoms with Crippen LogP contribution < -0.4 is 5.32 Å². The highest BCUT2D eigenvalue weighted by molar-refractivity contribution is 7.98. The molecule has 2 aromatic carbocycles. The molecule has 2 rings (SSSR count). The van der Waals surface area contributed by atoms with Crippen molar-refractivity contribution in [3.63, 3.8) is 0 Å². The molecule has 0 atom stereocenters. The maximum Gasteiger partial charge on any atom is 0.0340 e. The van der Waals surface area contributed by atoms with Crippen LogP contribution in [0.4, 0.5) is 5.69 Å². The Morgan fingerprint density at radius 2 is 1.78 bits per heavy atom. The SMILES string of the molecule is CCNc1ccc(-c2cccc(C)c2SC)cc1. The minimum atomic E-state index is 0.958. The lowest BCUT2D eigenvalue weighted by molar-refractivity contribution is 1.21. The highest BCUT2D eigenvalue weighted by Crippen LogP contribution is 2.33. The first-order valence-corrected chi connectivity index (χ1v) is 7.46. The molecule has 0 unspecified atom stereocenters. The number of hydrogen-bond donors (Lipinski definition) is 1. The van der Waals surface area contributed by atoms with Crippen LogP contribution in [-0.4, -0.2) is 12.8 Å². The first-order chi connectivity index (χ1) is 8.76. The summed E-state index contributed by atoms with van der Waals surface area (Å²) in [5, 5.41) is 3.32. The van der Waals surface area contributed by atoms with Crippen molar-refractivity contribution >= 4 is 17.4 Å². The van der Waals surface area contributed by atoms with Crippen LogP contribution >= 0.6 is 11.8 Å². The monoisotopic (exact) mass is 257 g/mol. The van der Waals surface area contributed by atoms with Gasteiger partial charge < -0.3 is 5.32 Å². The van der Waals surface area contributed by atoms with Gasteiger partial charge in [-0.15, -0.1) is 11.8 Å². The summed E-state index contributed by atoms with van der Waals surface area (Å²) in [5.74, 6) is 0. The Labute approximate surface area is 114 Å². The van der Waals surface area contributed by atoms with Crippen LogP contribution in [0, 0.1) is 6.92 Å². The quantitative estimate of drug-likeness (QED) is 0.788. The first kappa shape index (κ1) is 13.0. The fraction of sp³-hybridized carbons (Fsp3) is 0.250.